The molecule has 0 spiro atoms. The number of nitrogens with zero attached hydrogens (tertiary/aromatic N) is 2. The Kier molecular flexibility index (Phi) is 3.45. The third-order valence-electron chi connectivity index (χ3n) is 4.92. The summed E-state index contributed by atoms with van der Waals surface area (Å²) in [5.41, 5.74) is 0.888. The molecule has 0 bridgehead atoms. The van der Waals surface area contributed by atoms with Crippen molar-refractivity contribution in [2.24, 2.45) is 0 Å². The van der Waals surface area contributed by atoms with Gasteiger partial charge in [-0.25, -0.2) is 4.98 Å². The van der Waals surface area contributed by atoms with Crippen molar-refractivity contribution in [1.82, 2.24) is 9.55 Å². The van der Waals surface area contributed by atoms with E-state index >= 15 is 0 Å². The van der Waals surface area contributed by atoms with Crippen molar-refractivity contribution >= 4 is 23.6 Å². The Morgan fingerprint density at radius 2 is 1.70 bits per heavy atom. The minimum absolute atomic E-state index is 0.376. The normalized spacial score (nSPS) is 20.4. The minimum atomic E-state index is -1.02. The van der Waals surface area contributed by atoms with Crippen LogP contribution in [0.4, 0.5) is 0 Å². The lowest BCUT2D eigenvalue weighted by molar-refractivity contribution is 0.00391. The molecule has 0 radical (unpaired) electrons. The van der Waals surface area contributed by atoms with Gasteiger partial charge in [0.1, 0.15) is 11.5 Å². The Bertz CT molecular complexity index is 743. The molecule has 0 atom stereocenters. The lowest BCUT2D eigenvalue weighted by Crippen LogP contribution is -2.41. The molecule has 2 aromatic rings. The van der Waals surface area contributed by atoms with Gasteiger partial charge >= 0.3 is 7.12 Å². The van der Waals surface area contributed by atoms with E-state index in [2.05, 4.69) is 4.98 Å². The molecule has 1 fully saturated rings. The third kappa shape index (κ3) is 2.59. The molecule has 1 aromatic carbocycles. The van der Waals surface area contributed by atoms with Gasteiger partial charge in [-0.3, -0.25) is 4.57 Å². The fourth-order valence-electron chi connectivity index (χ4n) is 3.03. The summed E-state index contributed by atoms with van der Waals surface area (Å²) in [6, 6.07) is 5.92. The summed E-state index contributed by atoms with van der Waals surface area (Å²) in [6.45, 7) is 13.6. The second-order valence-electron chi connectivity index (χ2n) is 7.83. The number of hydrogen-bond acceptors (Lipinski definition) is 4. The van der Waals surface area contributed by atoms with Gasteiger partial charge in [-0.1, -0.05) is 6.07 Å². The van der Waals surface area contributed by atoms with Crippen LogP contribution in [0.2, 0.25) is 0 Å². The molecule has 0 unspecified atom stereocenters. The third-order valence-corrected chi connectivity index (χ3v) is 4.92. The maximum absolute atomic E-state index is 10.4. The van der Waals surface area contributed by atoms with Gasteiger partial charge in [-0.2, -0.15) is 0 Å². The first-order valence-electron chi connectivity index (χ1n) is 8.00. The Morgan fingerprint density at radius 1 is 1.13 bits per heavy atom. The molecular formula is C17H25BN2O3. The maximum Gasteiger partial charge on any atom is 0.494 e. The van der Waals surface area contributed by atoms with Crippen LogP contribution in [-0.2, 0) is 15.0 Å². The number of aromatic nitrogens is 2. The van der Waals surface area contributed by atoms with Gasteiger partial charge in [-0.05, 0) is 66.1 Å². The van der Waals surface area contributed by atoms with Crippen LogP contribution < -0.4 is 5.46 Å². The number of benzene rings is 1. The highest BCUT2D eigenvalue weighted by Gasteiger charge is 2.51. The van der Waals surface area contributed by atoms with Gasteiger partial charge < -0.3 is 14.4 Å². The van der Waals surface area contributed by atoms with E-state index in [1.54, 1.807) is 13.8 Å². The van der Waals surface area contributed by atoms with E-state index in [1.807, 2.05) is 57.4 Å². The van der Waals surface area contributed by atoms with Crippen LogP contribution in [0.15, 0.2) is 18.2 Å². The molecule has 5 nitrogen and oxygen atoms in total. The summed E-state index contributed by atoms with van der Waals surface area (Å²) >= 11 is 0. The Labute approximate surface area is 137 Å². The summed E-state index contributed by atoms with van der Waals surface area (Å²) < 4.78 is 14.1. The van der Waals surface area contributed by atoms with Crippen molar-refractivity contribution in [1.29, 1.82) is 0 Å². The van der Waals surface area contributed by atoms with Crippen LogP contribution in [0.3, 0.4) is 0 Å². The largest absolute Gasteiger partial charge is 0.494 e. The van der Waals surface area contributed by atoms with Gasteiger partial charge in [0.2, 0.25) is 0 Å². The summed E-state index contributed by atoms with van der Waals surface area (Å²) in [4.78, 5) is 4.53. The predicted molar refractivity (Wildman–Crippen MR) is 91.7 cm³/mol. The fourth-order valence-corrected chi connectivity index (χ4v) is 3.03. The van der Waals surface area contributed by atoms with Crippen LogP contribution in [0, 0.1) is 6.92 Å². The quantitative estimate of drug-likeness (QED) is 0.864. The molecular weight excluding hydrogens is 291 g/mol. The zero-order chi connectivity index (χ0) is 17.2. The summed E-state index contributed by atoms with van der Waals surface area (Å²) in [5.74, 6) is 0.776. The molecule has 1 aliphatic heterocycles. The van der Waals surface area contributed by atoms with Crippen LogP contribution in [0.25, 0.3) is 11.0 Å². The van der Waals surface area contributed by atoms with Crippen molar-refractivity contribution < 1.29 is 14.4 Å². The second-order valence-corrected chi connectivity index (χ2v) is 7.83. The number of fused-ring (bicyclic) bond motifs is 1. The van der Waals surface area contributed by atoms with E-state index in [0.29, 0.717) is 0 Å². The Balaban J connectivity index is 2.08. The lowest BCUT2D eigenvalue weighted by Gasteiger charge is -2.32. The SMILES string of the molecule is Cc1nc2ccc(B3OC(C)(C)C(C)(C)O3)cc2n1C(C)(C)O. The van der Waals surface area contributed by atoms with Crippen LogP contribution in [-0.4, -0.2) is 33.0 Å². The van der Waals surface area contributed by atoms with Crippen molar-refractivity contribution in [3.63, 3.8) is 0 Å². The molecule has 3 rings (SSSR count). The average Bonchev–Trinajstić information content (AvgIpc) is 2.81. The van der Waals surface area contributed by atoms with Crippen LogP contribution in [0.1, 0.15) is 47.4 Å². The summed E-state index contributed by atoms with van der Waals surface area (Å²) in [5, 5.41) is 10.4. The minimum Gasteiger partial charge on any atom is -0.399 e. The molecule has 124 valence electrons. The predicted octanol–water partition coefficient (Wildman–Crippen LogP) is 2.33. The maximum atomic E-state index is 10.4. The molecule has 1 N–H and O–H groups in total. The average molecular weight is 316 g/mol. The number of aryl methyl sites for hydroxylation is 1. The highest BCUT2D eigenvalue weighted by atomic mass is 16.7. The van der Waals surface area contributed by atoms with E-state index in [4.69, 9.17) is 9.31 Å². The standard InChI is InChI=1S/C17H25BN2O3/c1-11-19-13-9-8-12(10-14(13)20(11)17(6,7)21)18-22-15(2,3)16(4,5)23-18/h8-10,21H,1-7H3. The number of imidazole rings is 1. The molecule has 1 aromatic heterocycles. The summed E-state index contributed by atoms with van der Waals surface area (Å²) in [7, 11) is -0.421. The van der Waals surface area contributed by atoms with Gasteiger partial charge in [0.15, 0.2) is 0 Å². The number of rotatable bonds is 2. The molecule has 2 heterocycles. The topological polar surface area (TPSA) is 56.5 Å². The molecule has 23 heavy (non-hydrogen) atoms. The molecule has 1 saturated heterocycles. The smallest absolute Gasteiger partial charge is 0.399 e. The first kappa shape index (κ1) is 16.5. The molecule has 6 heteroatoms. The fraction of sp³-hybridized carbons (Fsp3) is 0.588. The zero-order valence-electron chi connectivity index (χ0n) is 15.0. The highest BCUT2D eigenvalue weighted by molar-refractivity contribution is 6.62. The second kappa shape index (κ2) is 4.82. The molecule has 0 saturated carbocycles. The van der Waals surface area contributed by atoms with E-state index in [0.717, 1.165) is 22.3 Å². The Morgan fingerprint density at radius 3 is 2.22 bits per heavy atom. The first-order chi connectivity index (χ1) is 10.4. The van der Waals surface area contributed by atoms with Gasteiger partial charge in [0, 0.05) is 0 Å². The monoisotopic (exact) mass is 316 g/mol. The van der Waals surface area contributed by atoms with Crippen molar-refractivity contribution in [2.75, 3.05) is 0 Å². The van der Waals surface area contributed by atoms with Gasteiger partial charge in [0.05, 0.1) is 22.2 Å². The number of aliphatic hydroxyl groups is 1. The van der Waals surface area contributed by atoms with Gasteiger partial charge in [-0.15, -0.1) is 0 Å². The van der Waals surface area contributed by atoms with Crippen molar-refractivity contribution in [3.8, 4) is 0 Å². The van der Waals surface area contributed by atoms with Gasteiger partial charge in [0.25, 0.3) is 0 Å². The van der Waals surface area contributed by atoms with E-state index in [9.17, 15) is 5.11 Å². The van der Waals surface area contributed by atoms with E-state index < -0.39 is 12.8 Å². The zero-order valence-corrected chi connectivity index (χ0v) is 15.0. The van der Waals surface area contributed by atoms with Crippen molar-refractivity contribution in [2.45, 2.75) is 65.4 Å². The van der Waals surface area contributed by atoms with Crippen LogP contribution >= 0.6 is 0 Å². The molecule has 0 aliphatic carbocycles. The van der Waals surface area contributed by atoms with E-state index in [1.165, 1.54) is 0 Å². The highest BCUT2D eigenvalue weighted by Crippen LogP contribution is 2.36. The molecule has 0 amide bonds. The van der Waals surface area contributed by atoms with Crippen LogP contribution in [0.5, 0.6) is 0 Å². The first-order valence-corrected chi connectivity index (χ1v) is 8.00. The summed E-state index contributed by atoms with van der Waals surface area (Å²) in [6.07, 6.45) is 0. The van der Waals surface area contributed by atoms with E-state index in [-0.39, 0.29) is 11.2 Å². The molecule has 1 aliphatic rings. The Hall–Kier alpha value is -1.37. The number of hydrogen-bond donors (Lipinski definition) is 1. The lowest BCUT2D eigenvalue weighted by atomic mass is 9.79. The van der Waals surface area contributed by atoms with Crippen molar-refractivity contribution in [3.05, 3.63) is 24.0 Å².